The number of halogens is 2. The normalized spacial score (nSPS) is 10.8. The number of nitrogens with zero attached hydrogens (tertiary/aromatic N) is 3. The smallest absolute Gasteiger partial charge is 0.358 e. The molecule has 0 amide bonds. The summed E-state index contributed by atoms with van der Waals surface area (Å²) in [5.41, 5.74) is 3.36. The van der Waals surface area contributed by atoms with Crippen molar-refractivity contribution in [1.82, 2.24) is 9.97 Å². The molecule has 2 aromatic rings. The number of imidazole rings is 1. The highest BCUT2D eigenvalue weighted by Gasteiger charge is 2.14. The lowest BCUT2D eigenvalue weighted by atomic mass is 10.3. The summed E-state index contributed by atoms with van der Waals surface area (Å²) in [5, 5.41) is 8.32. The van der Waals surface area contributed by atoms with Crippen LogP contribution in [0, 0.1) is 0 Å². The van der Waals surface area contributed by atoms with Gasteiger partial charge in [0.25, 0.3) is 0 Å². The van der Waals surface area contributed by atoms with Crippen molar-refractivity contribution in [2.24, 2.45) is 10.3 Å². The molecular formula is C11H9Cl2N5O2. The number of nitrogens with one attached hydrogen (secondary N) is 2. The van der Waals surface area contributed by atoms with E-state index in [0.29, 0.717) is 15.7 Å². The van der Waals surface area contributed by atoms with Gasteiger partial charge in [-0.3, -0.25) is 5.43 Å². The van der Waals surface area contributed by atoms with E-state index < -0.39 is 5.97 Å². The molecule has 104 valence electrons. The van der Waals surface area contributed by atoms with E-state index in [4.69, 9.17) is 23.2 Å². The van der Waals surface area contributed by atoms with Crippen molar-refractivity contribution >= 4 is 40.7 Å². The van der Waals surface area contributed by atoms with Gasteiger partial charge in [0.15, 0.2) is 5.69 Å². The Morgan fingerprint density at radius 3 is 2.90 bits per heavy atom. The fourth-order valence-corrected chi connectivity index (χ4v) is 1.61. The molecule has 1 aromatic heterocycles. The van der Waals surface area contributed by atoms with E-state index in [9.17, 15) is 4.79 Å². The summed E-state index contributed by atoms with van der Waals surface area (Å²) in [7, 11) is 1.26. The summed E-state index contributed by atoms with van der Waals surface area (Å²) in [6, 6.07) is 4.89. The Kier molecular flexibility index (Phi) is 4.54. The molecule has 0 saturated carbocycles. The van der Waals surface area contributed by atoms with Crippen molar-refractivity contribution in [1.29, 1.82) is 0 Å². The van der Waals surface area contributed by atoms with Gasteiger partial charge >= 0.3 is 5.97 Å². The number of rotatable bonds is 4. The number of carbonyl (C=O) groups excluding carboxylic acids is 1. The van der Waals surface area contributed by atoms with Crippen LogP contribution in [0.15, 0.2) is 34.9 Å². The summed E-state index contributed by atoms with van der Waals surface area (Å²) in [6.07, 6.45) is 1.32. The summed E-state index contributed by atoms with van der Waals surface area (Å²) in [4.78, 5) is 17.8. The van der Waals surface area contributed by atoms with Crippen LogP contribution in [0.4, 0.5) is 11.5 Å². The molecule has 2 rings (SSSR count). The van der Waals surface area contributed by atoms with Gasteiger partial charge in [0, 0.05) is 0 Å². The van der Waals surface area contributed by atoms with Crippen LogP contribution in [0.1, 0.15) is 10.5 Å². The monoisotopic (exact) mass is 313 g/mol. The van der Waals surface area contributed by atoms with E-state index in [1.165, 1.54) is 13.4 Å². The molecule has 0 radical (unpaired) electrons. The number of hydrogen-bond acceptors (Lipinski definition) is 5. The first-order valence-electron chi connectivity index (χ1n) is 5.35. The van der Waals surface area contributed by atoms with Gasteiger partial charge in [-0.1, -0.05) is 28.4 Å². The number of carbonyl (C=O) groups is 1. The maximum atomic E-state index is 11.4. The number of ether oxygens (including phenoxy) is 1. The second-order valence-electron chi connectivity index (χ2n) is 3.53. The number of H-pyrrole nitrogens is 1. The van der Waals surface area contributed by atoms with E-state index >= 15 is 0 Å². The van der Waals surface area contributed by atoms with Crippen molar-refractivity contribution in [3.05, 3.63) is 40.3 Å². The molecule has 0 saturated heterocycles. The predicted octanol–water partition coefficient (Wildman–Crippen LogP) is 3.61. The average Bonchev–Trinajstić information content (AvgIpc) is 2.90. The van der Waals surface area contributed by atoms with Crippen LogP contribution >= 0.6 is 23.2 Å². The van der Waals surface area contributed by atoms with E-state index in [0.717, 1.165) is 0 Å². The van der Waals surface area contributed by atoms with Gasteiger partial charge in [0.2, 0.25) is 5.82 Å². The highest BCUT2D eigenvalue weighted by molar-refractivity contribution is 6.42. The average molecular weight is 314 g/mol. The van der Waals surface area contributed by atoms with Gasteiger partial charge in [-0.15, -0.1) is 5.11 Å². The maximum absolute atomic E-state index is 11.4. The number of hydrogen-bond donors (Lipinski definition) is 2. The fraction of sp³-hybridized carbons (Fsp3) is 0.0909. The molecule has 0 bridgehead atoms. The standard InChI is InChI=1S/C11H9Cl2N5O2/c1-20-11(19)9-10(15-5-14-9)17-18-16-6-2-3-7(12)8(13)4-6/h2-5H,1H3,(H,14,15)(H,16,17). The molecule has 1 aromatic carbocycles. The van der Waals surface area contributed by atoms with Crippen molar-refractivity contribution in [2.45, 2.75) is 0 Å². The predicted molar refractivity (Wildman–Crippen MR) is 74.5 cm³/mol. The van der Waals surface area contributed by atoms with Crippen LogP contribution < -0.4 is 5.43 Å². The van der Waals surface area contributed by atoms with Crippen LogP contribution in [0.25, 0.3) is 0 Å². The number of benzene rings is 1. The first kappa shape index (κ1) is 14.3. The minimum atomic E-state index is -0.578. The third kappa shape index (κ3) is 3.25. The van der Waals surface area contributed by atoms with E-state index in [1.807, 2.05) is 0 Å². The second-order valence-corrected chi connectivity index (χ2v) is 4.35. The van der Waals surface area contributed by atoms with Crippen LogP contribution in [-0.2, 0) is 4.74 Å². The van der Waals surface area contributed by atoms with E-state index in [2.05, 4.69) is 30.5 Å². The Labute approximate surface area is 123 Å². The molecule has 2 N–H and O–H groups in total. The fourth-order valence-electron chi connectivity index (χ4n) is 1.31. The Bertz CT molecular complexity index is 656. The lowest BCUT2D eigenvalue weighted by Crippen LogP contribution is -2.01. The summed E-state index contributed by atoms with van der Waals surface area (Å²) < 4.78 is 4.56. The number of esters is 1. The van der Waals surface area contributed by atoms with Crippen molar-refractivity contribution in [2.75, 3.05) is 12.5 Å². The lowest BCUT2D eigenvalue weighted by molar-refractivity contribution is 0.0595. The van der Waals surface area contributed by atoms with Crippen molar-refractivity contribution < 1.29 is 9.53 Å². The highest BCUT2D eigenvalue weighted by atomic mass is 35.5. The third-order valence-corrected chi connectivity index (χ3v) is 2.99. The van der Waals surface area contributed by atoms with Crippen LogP contribution in [0.2, 0.25) is 10.0 Å². The molecule has 1 heterocycles. The SMILES string of the molecule is COC(=O)c1[nH]cnc1N=NNc1ccc(Cl)c(Cl)c1. The number of aromatic nitrogens is 2. The van der Waals surface area contributed by atoms with Crippen molar-refractivity contribution in [3.8, 4) is 0 Å². The van der Waals surface area contributed by atoms with Gasteiger partial charge in [-0.2, -0.15) is 0 Å². The molecule has 0 aliphatic heterocycles. The maximum Gasteiger partial charge on any atom is 0.358 e. The van der Waals surface area contributed by atoms with Gasteiger partial charge in [0.1, 0.15) is 0 Å². The zero-order valence-corrected chi connectivity index (χ0v) is 11.7. The third-order valence-electron chi connectivity index (χ3n) is 2.25. The Morgan fingerprint density at radius 1 is 1.40 bits per heavy atom. The number of anilines is 1. The van der Waals surface area contributed by atoms with Gasteiger partial charge < -0.3 is 9.72 Å². The quantitative estimate of drug-likeness (QED) is 0.512. The molecule has 0 aliphatic carbocycles. The van der Waals surface area contributed by atoms with Crippen LogP contribution in [0.5, 0.6) is 0 Å². The molecule has 0 atom stereocenters. The van der Waals surface area contributed by atoms with Crippen LogP contribution in [-0.4, -0.2) is 23.0 Å². The molecule has 0 aliphatic rings. The highest BCUT2D eigenvalue weighted by Crippen LogP contribution is 2.25. The Morgan fingerprint density at radius 2 is 2.20 bits per heavy atom. The zero-order valence-electron chi connectivity index (χ0n) is 10.2. The summed E-state index contributed by atoms with van der Waals surface area (Å²) in [6.45, 7) is 0. The summed E-state index contributed by atoms with van der Waals surface area (Å²) >= 11 is 11.6. The van der Waals surface area contributed by atoms with Gasteiger partial charge in [-0.05, 0) is 18.2 Å². The molecular weight excluding hydrogens is 305 g/mol. The zero-order chi connectivity index (χ0) is 14.5. The lowest BCUT2D eigenvalue weighted by Gasteiger charge is -2.00. The number of aromatic amines is 1. The Balaban J connectivity index is 2.08. The number of methoxy groups -OCH3 is 1. The molecule has 9 heteroatoms. The minimum absolute atomic E-state index is 0.115. The molecule has 0 spiro atoms. The molecule has 7 nitrogen and oxygen atoms in total. The van der Waals surface area contributed by atoms with Crippen LogP contribution in [0.3, 0.4) is 0 Å². The molecule has 0 unspecified atom stereocenters. The second kappa shape index (κ2) is 6.36. The Hall–Kier alpha value is -2.12. The molecule has 0 fully saturated rings. The van der Waals surface area contributed by atoms with Crippen molar-refractivity contribution in [3.63, 3.8) is 0 Å². The summed E-state index contributed by atoms with van der Waals surface area (Å²) in [5.74, 6) is -0.463. The van der Waals surface area contributed by atoms with Gasteiger partial charge in [-0.25, -0.2) is 9.78 Å². The first-order chi connectivity index (χ1) is 9.61. The van der Waals surface area contributed by atoms with E-state index in [1.54, 1.807) is 18.2 Å². The minimum Gasteiger partial charge on any atom is -0.464 e. The van der Waals surface area contributed by atoms with E-state index in [-0.39, 0.29) is 11.5 Å². The molecule has 20 heavy (non-hydrogen) atoms. The van der Waals surface area contributed by atoms with Gasteiger partial charge in [0.05, 0.1) is 29.2 Å². The topological polar surface area (TPSA) is 91.7 Å². The first-order valence-corrected chi connectivity index (χ1v) is 6.11. The largest absolute Gasteiger partial charge is 0.464 e.